The van der Waals surface area contributed by atoms with Gasteiger partial charge < -0.3 is 0 Å². The van der Waals surface area contributed by atoms with Gasteiger partial charge in [0.1, 0.15) is 0 Å². The molecule has 2 aromatic carbocycles. The number of rotatable bonds is 6. The van der Waals surface area contributed by atoms with Gasteiger partial charge in [-0.2, -0.15) is 5.10 Å². The molecule has 0 radical (unpaired) electrons. The SMILES string of the molecule is CCCN(Cn1ncc2cc([N+](=O)[O-])ccc21)C1CCc2ccccc21. The summed E-state index contributed by atoms with van der Waals surface area (Å²) in [5.74, 6) is 0. The Hall–Kier alpha value is -2.73. The average Bonchev–Trinajstić information content (AvgIpc) is 3.25. The van der Waals surface area contributed by atoms with Crippen LogP contribution in [0.2, 0.25) is 0 Å². The number of hydrogen-bond donors (Lipinski definition) is 0. The summed E-state index contributed by atoms with van der Waals surface area (Å²) in [5, 5.41) is 16.3. The summed E-state index contributed by atoms with van der Waals surface area (Å²) in [6, 6.07) is 14.0. The van der Waals surface area contributed by atoms with Crippen molar-refractivity contribution in [1.82, 2.24) is 14.7 Å². The normalized spacial score (nSPS) is 16.3. The molecule has 6 nitrogen and oxygen atoms in total. The van der Waals surface area contributed by atoms with Crippen molar-refractivity contribution in [2.24, 2.45) is 0 Å². The molecule has 0 bridgehead atoms. The number of hydrogen-bond acceptors (Lipinski definition) is 4. The Balaban J connectivity index is 1.63. The Labute approximate surface area is 152 Å². The lowest BCUT2D eigenvalue weighted by Gasteiger charge is -2.29. The van der Waals surface area contributed by atoms with Crippen LogP contribution in [0.5, 0.6) is 0 Å². The highest BCUT2D eigenvalue weighted by Gasteiger charge is 2.27. The van der Waals surface area contributed by atoms with E-state index < -0.39 is 0 Å². The fourth-order valence-electron chi connectivity index (χ4n) is 4.00. The molecule has 0 spiro atoms. The van der Waals surface area contributed by atoms with Crippen molar-refractivity contribution in [2.45, 2.75) is 38.9 Å². The third kappa shape index (κ3) is 2.97. The summed E-state index contributed by atoms with van der Waals surface area (Å²) in [5.41, 5.74) is 3.91. The molecule has 4 rings (SSSR count). The van der Waals surface area contributed by atoms with E-state index in [0.717, 1.165) is 36.7 Å². The topological polar surface area (TPSA) is 64.2 Å². The zero-order valence-electron chi connectivity index (χ0n) is 14.8. The maximum atomic E-state index is 11.0. The van der Waals surface area contributed by atoms with Crippen molar-refractivity contribution < 1.29 is 4.92 Å². The molecule has 3 aromatic rings. The lowest BCUT2D eigenvalue weighted by atomic mass is 10.1. The van der Waals surface area contributed by atoms with Crippen molar-refractivity contribution in [3.05, 3.63) is 69.9 Å². The zero-order valence-corrected chi connectivity index (χ0v) is 14.8. The van der Waals surface area contributed by atoms with Crippen molar-refractivity contribution in [3.63, 3.8) is 0 Å². The van der Waals surface area contributed by atoms with Crippen molar-refractivity contribution >= 4 is 16.6 Å². The quantitative estimate of drug-likeness (QED) is 0.491. The van der Waals surface area contributed by atoms with Crippen molar-refractivity contribution in [1.29, 1.82) is 0 Å². The second-order valence-corrected chi connectivity index (χ2v) is 6.85. The first kappa shape index (κ1) is 16.7. The third-order valence-corrected chi connectivity index (χ3v) is 5.20. The van der Waals surface area contributed by atoms with Gasteiger partial charge in [0.25, 0.3) is 5.69 Å². The van der Waals surface area contributed by atoms with Gasteiger partial charge in [0.05, 0.1) is 23.3 Å². The summed E-state index contributed by atoms with van der Waals surface area (Å²) in [6.45, 7) is 3.87. The largest absolute Gasteiger partial charge is 0.277 e. The maximum absolute atomic E-state index is 11.0. The van der Waals surface area contributed by atoms with Crippen LogP contribution in [0.4, 0.5) is 5.69 Å². The van der Waals surface area contributed by atoms with Crippen LogP contribution < -0.4 is 0 Å². The zero-order chi connectivity index (χ0) is 18.1. The second kappa shape index (κ2) is 6.88. The summed E-state index contributed by atoms with van der Waals surface area (Å²) in [4.78, 5) is 13.1. The van der Waals surface area contributed by atoms with Crippen molar-refractivity contribution in [2.75, 3.05) is 6.54 Å². The highest BCUT2D eigenvalue weighted by atomic mass is 16.6. The molecule has 6 heteroatoms. The fourth-order valence-corrected chi connectivity index (χ4v) is 4.00. The second-order valence-electron chi connectivity index (χ2n) is 6.85. The van der Waals surface area contributed by atoms with Crippen LogP contribution in [0, 0.1) is 10.1 Å². The molecule has 0 N–H and O–H groups in total. The standard InChI is InChI=1S/C20H22N4O2/c1-2-11-22(20-9-7-15-5-3-4-6-18(15)20)14-23-19-10-8-17(24(25)26)12-16(19)13-21-23/h3-6,8,10,12-13,20H,2,7,9,11,14H2,1H3. The Morgan fingerprint density at radius 2 is 2.15 bits per heavy atom. The van der Waals surface area contributed by atoms with E-state index in [4.69, 9.17) is 0 Å². The number of fused-ring (bicyclic) bond motifs is 2. The first-order valence-corrected chi connectivity index (χ1v) is 9.09. The van der Waals surface area contributed by atoms with Gasteiger partial charge >= 0.3 is 0 Å². The molecule has 0 saturated heterocycles. The van der Waals surface area contributed by atoms with E-state index >= 15 is 0 Å². The molecular weight excluding hydrogens is 328 g/mol. The Morgan fingerprint density at radius 1 is 1.31 bits per heavy atom. The number of non-ortho nitro benzene ring substituents is 1. The first-order chi connectivity index (χ1) is 12.7. The van der Waals surface area contributed by atoms with E-state index in [9.17, 15) is 10.1 Å². The van der Waals surface area contributed by atoms with Crippen LogP contribution in [0.25, 0.3) is 10.9 Å². The Bertz CT molecular complexity index is 950. The molecule has 1 aliphatic carbocycles. The number of nitro groups is 1. The van der Waals surface area contributed by atoms with E-state index in [2.05, 4.69) is 41.2 Å². The van der Waals surface area contributed by atoms with Gasteiger partial charge in [-0.15, -0.1) is 0 Å². The molecule has 1 atom stereocenters. The smallest absolute Gasteiger partial charge is 0.270 e. The minimum atomic E-state index is -0.365. The van der Waals surface area contributed by atoms with E-state index in [1.54, 1.807) is 24.4 Å². The number of nitrogens with zero attached hydrogens (tertiary/aromatic N) is 4. The van der Waals surface area contributed by atoms with E-state index in [0.29, 0.717) is 12.7 Å². The number of benzene rings is 2. The lowest BCUT2D eigenvalue weighted by Crippen LogP contribution is -2.31. The first-order valence-electron chi connectivity index (χ1n) is 9.09. The van der Waals surface area contributed by atoms with Gasteiger partial charge in [-0.1, -0.05) is 31.2 Å². The molecule has 0 amide bonds. The summed E-state index contributed by atoms with van der Waals surface area (Å²) >= 11 is 0. The van der Waals surface area contributed by atoms with E-state index in [1.165, 1.54) is 11.1 Å². The minimum absolute atomic E-state index is 0.104. The van der Waals surface area contributed by atoms with Crippen LogP contribution >= 0.6 is 0 Å². The predicted octanol–water partition coefficient (Wildman–Crippen LogP) is 4.30. The van der Waals surface area contributed by atoms with Gasteiger partial charge in [-0.25, -0.2) is 0 Å². The van der Waals surface area contributed by atoms with Crippen LogP contribution in [0.15, 0.2) is 48.7 Å². The molecule has 0 fully saturated rings. The number of nitro benzene ring substituents is 1. The summed E-state index contributed by atoms with van der Waals surface area (Å²) in [7, 11) is 0. The van der Waals surface area contributed by atoms with Gasteiger partial charge in [0, 0.05) is 30.1 Å². The molecule has 1 aromatic heterocycles. The summed E-state index contributed by atoms with van der Waals surface area (Å²) in [6.07, 6.45) is 5.04. The minimum Gasteiger partial charge on any atom is -0.277 e. The molecule has 134 valence electrons. The third-order valence-electron chi connectivity index (χ3n) is 5.20. The van der Waals surface area contributed by atoms with Crippen LogP contribution in [-0.4, -0.2) is 26.1 Å². The molecule has 1 unspecified atom stereocenters. The fraction of sp³-hybridized carbons (Fsp3) is 0.350. The molecule has 26 heavy (non-hydrogen) atoms. The monoisotopic (exact) mass is 350 g/mol. The van der Waals surface area contributed by atoms with Crippen molar-refractivity contribution in [3.8, 4) is 0 Å². The van der Waals surface area contributed by atoms with Crippen LogP contribution in [-0.2, 0) is 13.1 Å². The van der Waals surface area contributed by atoms with Gasteiger partial charge in [0.15, 0.2) is 0 Å². The molecule has 1 aliphatic rings. The molecular formula is C20H22N4O2. The highest BCUT2D eigenvalue weighted by molar-refractivity contribution is 5.81. The van der Waals surface area contributed by atoms with Gasteiger partial charge in [0.2, 0.25) is 0 Å². The van der Waals surface area contributed by atoms with Gasteiger partial charge in [-0.05, 0) is 36.5 Å². The summed E-state index contributed by atoms with van der Waals surface area (Å²) < 4.78 is 1.95. The van der Waals surface area contributed by atoms with Crippen LogP contribution in [0.3, 0.4) is 0 Å². The van der Waals surface area contributed by atoms with E-state index in [-0.39, 0.29) is 10.6 Å². The molecule has 0 aliphatic heterocycles. The lowest BCUT2D eigenvalue weighted by molar-refractivity contribution is -0.384. The van der Waals surface area contributed by atoms with E-state index in [1.807, 2.05) is 4.68 Å². The van der Waals surface area contributed by atoms with Crippen LogP contribution in [0.1, 0.15) is 36.9 Å². The predicted molar refractivity (Wildman–Crippen MR) is 101 cm³/mol. The molecule has 0 saturated carbocycles. The number of aromatic nitrogens is 2. The molecule has 1 heterocycles. The highest BCUT2D eigenvalue weighted by Crippen LogP contribution is 2.36. The average molecular weight is 350 g/mol. The maximum Gasteiger partial charge on any atom is 0.270 e. The Morgan fingerprint density at radius 3 is 2.96 bits per heavy atom. The Kier molecular flexibility index (Phi) is 4.42. The number of aryl methyl sites for hydroxylation is 1. The van der Waals surface area contributed by atoms with Gasteiger partial charge in [-0.3, -0.25) is 19.7 Å².